The third-order valence-electron chi connectivity index (χ3n) is 5.48. The van der Waals surface area contributed by atoms with E-state index in [0.717, 1.165) is 12.1 Å². The molecular formula is C22H24N6O2. The van der Waals surface area contributed by atoms with Crippen LogP contribution in [0.1, 0.15) is 45.1 Å². The highest BCUT2D eigenvalue weighted by Gasteiger charge is 2.32. The predicted molar refractivity (Wildman–Crippen MR) is 112 cm³/mol. The largest absolute Gasteiger partial charge is 0.383 e. The van der Waals surface area contributed by atoms with Crippen molar-refractivity contribution in [1.29, 1.82) is 0 Å². The topological polar surface area (TPSA) is 107 Å². The molecule has 3 heterocycles. The number of benzene rings is 1. The molecule has 1 aliphatic heterocycles. The molecule has 1 fully saturated rings. The number of Topliss-reactive ketones (excluding diaryl/α,β-unsaturated/α-hetero) is 1. The van der Waals surface area contributed by atoms with Crippen LogP contribution in [0.3, 0.4) is 0 Å². The number of anilines is 1. The molecule has 0 aliphatic carbocycles. The van der Waals surface area contributed by atoms with Crippen molar-refractivity contribution in [2.24, 2.45) is 5.92 Å². The Morgan fingerprint density at radius 2 is 1.87 bits per heavy atom. The Labute approximate surface area is 174 Å². The lowest BCUT2D eigenvalue weighted by Crippen LogP contribution is -2.42. The predicted octanol–water partition coefficient (Wildman–Crippen LogP) is 2.60. The van der Waals surface area contributed by atoms with Gasteiger partial charge in [-0.15, -0.1) is 0 Å². The average Bonchev–Trinajstić information content (AvgIpc) is 3.15. The second-order valence-electron chi connectivity index (χ2n) is 7.56. The summed E-state index contributed by atoms with van der Waals surface area (Å²) in [5.74, 6) is 0.409. The number of aromatic nitrogens is 4. The Bertz CT molecular complexity index is 1090. The molecule has 0 spiro atoms. The van der Waals surface area contributed by atoms with Gasteiger partial charge in [0.1, 0.15) is 11.6 Å². The summed E-state index contributed by atoms with van der Waals surface area (Å²) < 4.78 is 1.56. The summed E-state index contributed by atoms with van der Waals surface area (Å²) in [5, 5.41) is 4.30. The number of hydrogen-bond donors (Lipinski definition) is 1. The zero-order valence-electron chi connectivity index (χ0n) is 17.1. The fraction of sp³-hybridized carbons (Fsp3) is 0.318. The first-order chi connectivity index (χ1) is 14.5. The number of rotatable bonds is 4. The van der Waals surface area contributed by atoms with Crippen molar-refractivity contribution in [1.82, 2.24) is 24.6 Å². The Kier molecular flexibility index (Phi) is 5.31. The molecular weight excluding hydrogens is 380 g/mol. The normalized spacial score (nSPS) is 16.5. The first-order valence-corrected chi connectivity index (χ1v) is 9.98. The number of aryl methyl sites for hydroxylation is 2. The molecule has 8 nitrogen and oxygen atoms in total. The average molecular weight is 404 g/mol. The number of likely N-dealkylation sites (tertiary alicyclic amines) is 1. The van der Waals surface area contributed by atoms with Gasteiger partial charge in [-0.25, -0.2) is 14.6 Å². The lowest BCUT2D eigenvalue weighted by molar-refractivity contribution is 0.0636. The lowest BCUT2D eigenvalue weighted by Gasteiger charge is -2.32. The summed E-state index contributed by atoms with van der Waals surface area (Å²) in [6, 6.07) is 9.44. The van der Waals surface area contributed by atoms with Crippen LogP contribution in [0.25, 0.3) is 5.69 Å². The Hall–Kier alpha value is -3.55. The highest BCUT2D eigenvalue weighted by atomic mass is 16.2. The van der Waals surface area contributed by atoms with E-state index >= 15 is 0 Å². The number of nitrogens with two attached hydrogens (primary N) is 1. The third-order valence-corrected chi connectivity index (χ3v) is 5.48. The summed E-state index contributed by atoms with van der Waals surface area (Å²) in [5.41, 5.74) is 8.56. The number of amides is 1. The monoisotopic (exact) mass is 404 g/mol. The summed E-state index contributed by atoms with van der Waals surface area (Å²) in [6.45, 7) is 4.54. The second kappa shape index (κ2) is 8.06. The standard InChI is InChI=1S/C22H24N6O2/c1-14-18(11-24-15(2)26-14)22(30)27-10-6-7-16(13-27)20(29)19-12-25-28(21(19)23)17-8-4-3-5-9-17/h3-5,8-9,11-12,16H,6-7,10,13,23H2,1-2H3/t16-/m1/s1. The molecule has 1 aliphatic rings. The molecule has 0 saturated carbocycles. The fourth-order valence-electron chi connectivity index (χ4n) is 3.88. The second-order valence-corrected chi connectivity index (χ2v) is 7.56. The minimum atomic E-state index is -0.315. The van der Waals surface area contributed by atoms with Gasteiger partial charge in [-0.05, 0) is 38.8 Å². The van der Waals surface area contributed by atoms with E-state index in [2.05, 4.69) is 15.1 Å². The van der Waals surface area contributed by atoms with Crippen LogP contribution in [-0.4, -0.2) is 49.4 Å². The zero-order valence-corrected chi connectivity index (χ0v) is 17.1. The van der Waals surface area contributed by atoms with Gasteiger partial charge < -0.3 is 10.6 Å². The van der Waals surface area contributed by atoms with Crippen LogP contribution in [0.15, 0.2) is 42.7 Å². The molecule has 154 valence electrons. The van der Waals surface area contributed by atoms with E-state index < -0.39 is 0 Å². The van der Waals surface area contributed by atoms with E-state index in [9.17, 15) is 9.59 Å². The van der Waals surface area contributed by atoms with Gasteiger partial charge in [-0.2, -0.15) is 5.10 Å². The number of ketones is 1. The van der Waals surface area contributed by atoms with Crippen LogP contribution < -0.4 is 5.73 Å². The molecule has 0 radical (unpaired) electrons. The highest BCUT2D eigenvalue weighted by Crippen LogP contribution is 2.26. The minimum absolute atomic E-state index is 0.0796. The van der Waals surface area contributed by atoms with Gasteiger partial charge >= 0.3 is 0 Å². The van der Waals surface area contributed by atoms with Gasteiger partial charge in [0, 0.05) is 25.2 Å². The minimum Gasteiger partial charge on any atom is -0.383 e. The molecule has 1 atom stereocenters. The van der Waals surface area contributed by atoms with Crippen molar-refractivity contribution in [2.45, 2.75) is 26.7 Å². The van der Waals surface area contributed by atoms with E-state index in [0.29, 0.717) is 48.0 Å². The molecule has 1 amide bonds. The van der Waals surface area contributed by atoms with Crippen LogP contribution in [0.4, 0.5) is 5.82 Å². The smallest absolute Gasteiger partial charge is 0.257 e. The maximum Gasteiger partial charge on any atom is 0.257 e. The first-order valence-electron chi connectivity index (χ1n) is 9.98. The van der Waals surface area contributed by atoms with Gasteiger partial charge in [-0.3, -0.25) is 9.59 Å². The van der Waals surface area contributed by atoms with E-state index in [1.807, 2.05) is 30.3 Å². The zero-order chi connectivity index (χ0) is 21.3. The first kappa shape index (κ1) is 19.8. The van der Waals surface area contributed by atoms with Gasteiger partial charge in [0.05, 0.1) is 28.7 Å². The van der Waals surface area contributed by atoms with Crippen molar-refractivity contribution in [3.63, 3.8) is 0 Å². The summed E-state index contributed by atoms with van der Waals surface area (Å²) in [7, 11) is 0. The quantitative estimate of drug-likeness (QED) is 0.670. The number of carbonyl (C=O) groups excluding carboxylic acids is 2. The van der Waals surface area contributed by atoms with Crippen LogP contribution in [0.5, 0.6) is 0 Å². The summed E-state index contributed by atoms with van der Waals surface area (Å²) in [4.78, 5) is 36.3. The van der Waals surface area contributed by atoms with Crippen molar-refractivity contribution in [3.8, 4) is 5.69 Å². The van der Waals surface area contributed by atoms with E-state index in [4.69, 9.17) is 5.73 Å². The van der Waals surface area contributed by atoms with Crippen molar-refractivity contribution in [3.05, 3.63) is 65.4 Å². The van der Waals surface area contributed by atoms with Gasteiger partial charge in [-0.1, -0.05) is 18.2 Å². The SMILES string of the molecule is Cc1ncc(C(=O)N2CCC[C@@H](C(=O)c3cnn(-c4ccccc4)c3N)C2)c(C)n1. The Balaban J connectivity index is 1.53. The molecule has 2 N–H and O–H groups in total. The number of para-hydroxylation sites is 1. The van der Waals surface area contributed by atoms with Crippen LogP contribution in [0, 0.1) is 19.8 Å². The van der Waals surface area contributed by atoms with Crippen molar-refractivity contribution in [2.75, 3.05) is 18.8 Å². The molecule has 30 heavy (non-hydrogen) atoms. The van der Waals surface area contributed by atoms with Crippen LogP contribution in [0.2, 0.25) is 0 Å². The van der Waals surface area contributed by atoms with E-state index in [-0.39, 0.29) is 17.6 Å². The van der Waals surface area contributed by atoms with Gasteiger partial charge in [0.2, 0.25) is 0 Å². The van der Waals surface area contributed by atoms with Crippen molar-refractivity contribution < 1.29 is 9.59 Å². The molecule has 1 aromatic carbocycles. The van der Waals surface area contributed by atoms with Crippen LogP contribution in [-0.2, 0) is 0 Å². The maximum absolute atomic E-state index is 13.2. The number of carbonyl (C=O) groups is 2. The lowest BCUT2D eigenvalue weighted by atomic mass is 9.90. The van der Waals surface area contributed by atoms with Crippen LogP contribution >= 0.6 is 0 Å². The molecule has 8 heteroatoms. The van der Waals surface area contributed by atoms with E-state index in [1.54, 1.807) is 29.6 Å². The number of hydrogen-bond acceptors (Lipinski definition) is 6. The number of nitrogen functional groups attached to an aromatic ring is 1. The molecule has 4 rings (SSSR count). The Morgan fingerprint density at radius 3 is 2.60 bits per heavy atom. The third kappa shape index (κ3) is 3.68. The fourth-order valence-corrected chi connectivity index (χ4v) is 3.88. The number of piperidine rings is 1. The molecule has 1 saturated heterocycles. The summed E-state index contributed by atoms with van der Waals surface area (Å²) >= 11 is 0. The highest BCUT2D eigenvalue weighted by molar-refractivity contribution is 6.02. The Morgan fingerprint density at radius 1 is 1.10 bits per heavy atom. The molecule has 3 aromatic rings. The summed E-state index contributed by atoms with van der Waals surface area (Å²) in [6.07, 6.45) is 4.54. The molecule has 0 unspecified atom stereocenters. The van der Waals surface area contributed by atoms with Crippen molar-refractivity contribution >= 4 is 17.5 Å². The van der Waals surface area contributed by atoms with E-state index in [1.165, 1.54) is 6.20 Å². The van der Waals surface area contributed by atoms with Gasteiger partial charge in [0.15, 0.2) is 5.78 Å². The molecule has 2 aromatic heterocycles. The number of nitrogens with zero attached hydrogens (tertiary/aromatic N) is 5. The van der Waals surface area contributed by atoms with Gasteiger partial charge in [0.25, 0.3) is 5.91 Å². The maximum atomic E-state index is 13.2. The molecule has 0 bridgehead atoms.